The van der Waals surface area contributed by atoms with Gasteiger partial charge in [-0.25, -0.2) is 0 Å². The molecule has 1 aliphatic carbocycles. The zero-order valence-corrected chi connectivity index (χ0v) is 11.2. The van der Waals surface area contributed by atoms with Gasteiger partial charge in [-0.15, -0.1) is 0 Å². The van der Waals surface area contributed by atoms with Crippen molar-refractivity contribution in [2.75, 3.05) is 33.0 Å². The standard InChI is InChI=1S/C14H25NO3/c16-14(13-3-1-4-13)15-7-2-8-18-11-12-5-9-17-10-6-12/h12-13H,1-11H2,(H,15,16). The molecule has 1 heterocycles. The summed E-state index contributed by atoms with van der Waals surface area (Å²) in [5.74, 6) is 1.21. The Morgan fingerprint density at radius 1 is 1.22 bits per heavy atom. The zero-order valence-electron chi connectivity index (χ0n) is 11.2. The molecule has 1 saturated heterocycles. The Labute approximate surface area is 109 Å². The Balaban J connectivity index is 1.40. The number of amides is 1. The van der Waals surface area contributed by atoms with Crippen molar-refractivity contribution in [3.05, 3.63) is 0 Å². The maximum absolute atomic E-state index is 11.5. The van der Waals surface area contributed by atoms with Crippen molar-refractivity contribution in [1.82, 2.24) is 5.32 Å². The minimum atomic E-state index is 0.241. The maximum atomic E-state index is 11.5. The average molecular weight is 255 g/mol. The smallest absolute Gasteiger partial charge is 0.223 e. The van der Waals surface area contributed by atoms with Gasteiger partial charge in [-0.05, 0) is 38.0 Å². The van der Waals surface area contributed by atoms with Gasteiger partial charge < -0.3 is 14.8 Å². The summed E-state index contributed by atoms with van der Waals surface area (Å²) >= 11 is 0. The molecule has 0 spiro atoms. The first-order chi connectivity index (χ1) is 8.86. The second kappa shape index (κ2) is 7.74. The van der Waals surface area contributed by atoms with Crippen molar-refractivity contribution >= 4 is 5.91 Å². The van der Waals surface area contributed by atoms with Gasteiger partial charge >= 0.3 is 0 Å². The summed E-state index contributed by atoms with van der Waals surface area (Å²) in [5, 5.41) is 2.98. The average Bonchev–Trinajstić information content (AvgIpc) is 2.33. The highest BCUT2D eigenvalue weighted by molar-refractivity contribution is 5.79. The van der Waals surface area contributed by atoms with Crippen molar-refractivity contribution in [1.29, 1.82) is 0 Å². The molecule has 1 N–H and O–H groups in total. The Hall–Kier alpha value is -0.610. The fraction of sp³-hybridized carbons (Fsp3) is 0.929. The Morgan fingerprint density at radius 2 is 2.00 bits per heavy atom. The number of hydrogen-bond donors (Lipinski definition) is 1. The van der Waals surface area contributed by atoms with E-state index in [1.54, 1.807) is 0 Å². The van der Waals surface area contributed by atoms with Crippen LogP contribution in [0.4, 0.5) is 0 Å². The lowest BCUT2D eigenvalue weighted by atomic mass is 9.85. The van der Waals surface area contributed by atoms with E-state index < -0.39 is 0 Å². The summed E-state index contributed by atoms with van der Waals surface area (Å²) in [6, 6.07) is 0. The summed E-state index contributed by atoms with van der Waals surface area (Å²) in [7, 11) is 0. The van der Waals surface area contributed by atoms with Crippen LogP contribution in [0, 0.1) is 11.8 Å². The second-order valence-corrected chi connectivity index (χ2v) is 5.40. The van der Waals surface area contributed by atoms with Crippen LogP contribution >= 0.6 is 0 Å². The van der Waals surface area contributed by atoms with Crippen LogP contribution in [0.2, 0.25) is 0 Å². The van der Waals surface area contributed by atoms with E-state index in [2.05, 4.69) is 5.32 Å². The van der Waals surface area contributed by atoms with E-state index in [4.69, 9.17) is 9.47 Å². The van der Waals surface area contributed by atoms with Gasteiger partial charge in [0.2, 0.25) is 5.91 Å². The number of ether oxygens (including phenoxy) is 2. The number of carbonyl (C=O) groups is 1. The van der Waals surface area contributed by atoms with Crippen LogP contribution in [0.3, 0.4) is 0 Å². The SMILES string of the molecule is O=C(NCCCOCC1CCOCC1)C1CCC1. The lowest BCUT2D eigenvalue weighted by molar-refractivity contribution is -0.127. The highest BCUT2D eigenvalue weighted by atomic mass is 16.5. The van der Waals surface area contributed by atoms with Crippen molar-refractivity contribution < 1.29 is 14.3 Å². The molecule has 104 valence electrons. The predicted octanol–water partition coefficient (Wildman–Crippen LogP) is 1.74. The lowest BCUT2D eigenvalue weighted by Gasteiger charge is -2.24. The van der Waals surface area contributed by atoms with Crippen LogP contribution in [0.25, 0.3) is 0 Å². The predicted molar refractivity (Wildman–Crippen MR) is 69.3 cm³/mol. The molecule has 0 aromatic rings. The number of carbonyl (C=O) groups excluding carboxylic acids is 1. The van der Waals surface area contributed by atoms with Crippen LogP contribution in [-0.4, -0.2) is 38.9 Å². The molecule has 0 radical (unpaired) electrons. The van der Waals surface area contributed by atoms with Gasteiger partial charge in [0.05, 0.1) is 0 Å². The molecule has 1 aliphatic heterocycles. The quantitative estimate of drug-likeness (QED) is 0.705. The van der Waals surface area contributed by atoms with E-state index >= 15 is 0 Å². The topological polar surface area (TPSA) is 47.6 Å². The fourth-order valence-corrected chi connectivity index (χ4v) is 2.36. The van der Waals surface area contributed by atoms with Gasteiger partial charge in [-0.3, -0.25) is 4.79 Å². The van der Waals surface area contributed by atoms with Crippen LogP contribution < -0.4 is 5.32 Å². The van der Waals surface area contributed by atoms with Crippen LogP contribution in [-0.2, 0) is 14.3 Å². The normalized spacial score (nSPS) is 21.6. The first-order valence-electron chi connectivity index (χ1n) is 7.29. The summed E-state index contributed by atoms with van der Waals surface area (Å²) in [4.78, 5) is 11.5. The zero-order chi connectivity index (χ0) is 12.6. The van der Waals surface area contributed by atoms with Crippen molar-refractivity contribution in [2.24, 2.45) is 11.8 Å². The monoisotopic (exact) mass is 255 g/mol. The van der Waals surface area contributed by atoms with E-state index in [1.165, 1.54) is 6.42 Å². The van der Waals surface area contributed by atoms with Gasteiger partial charge in [0.1, 0.15) is 0 Å². The number of nitrogens with one attached hydrogen (secondary N) is 1. The van der Waals surface area contributed by atoms with Crippen LogP contribution in [0.15, 0.2) is 0 Å². The van der Waals surface area contributed by atoms with Crippen LogP contribution in [0.1, 0.15) is 38.5 Å². The van der Waals surface area contributed by atoms with Crippen molar-refractivity contribution in [3.8, 4) is 0 Å². The van der Waals surface area contributed by atoms with E-state index in [0.29, 0.717) is 11.8 Å². The first-order valence-corrected chi connectivity index (χ1v) is 7.29. The van der Waals surface area contributed by atoms with Crippen LogP contribution in [0.5, 0.6) is 0 Å². The summed E-state index contributed by atoms with van der Waals surface area (Å²) in [6.45, 7) is 4.11. The van der Waals surface area contributed by atoms with E-state index in [9.17, 15) is 4.79 Å². The van der Waals surface area contributed by atoms with Crippen molar-refractivity contribution in [3.63, 3.8) is 0 Å². The molecule has 1 amide bonds. The molecular formula is C14H25NO3. The minimum absolute atomic E-state index is 0.241. The second-order valence-electron chi connectivity index (χ2n) is 5.40. The van der Waals surface area contributed by atoms with Gasteiger partial charge in [-0.2, -0.15) is 0 Å². The van der Waals surface area contributed by atoms with E-state index in [-0.39, 0.29) is 5.91 Å². The summed E-state index contributed by atoms with van der Waals surface area (Å²) < 4.78 is 11.0. The van der Waals surface area contributed by atoms with Gasteiger partial charge in [0.15, 0.2) is 0 Å². The molecule has 18 heavy (non-hydrogen) atoms. The summed E-state index contributed by atoms with van der Waals surface area (Å²) in [5.41, 5.74) is 0. The molecule has 0 atom stereocenters. The summed E-state index contributed by atoms with van der Waals surface area (Å²) in [6.07, 6.45) is 6.53. The number of rotatable bonds is 7. The molecule has 4 nitrogen and oxygen atoms in total. The molecule has 0 unspecified atom stereocenters. The number of hydrogen-bond acceptors (Lipinski definition) is 3. The van der Waals surface area contributed by atoms with Crippen molar-refractivity contribution in [2.45, 2.75) is 38.5 Å². The largest absolute Gasteiger partial charge is 0.381 e. The highest BCUT2D eigenvalue weighted by Gasteiger charge is 2.24. The third kappa shape index (κ3) is 4.58. The molecule has 2 fully saturated rings. The molecule has 0 aromatic carbocycles. The lowest BCUT2D eigenvalue weighted by Crippen LogP contribution is -2.35. The Kier molecular flexibility index (Phi) is 5.94. The third-order valence-electron chi connectivity index (χ3n) is 3.94. The Morgan fingerprint density at radius 3 is 2.67 bits per heavy atom. The molecule has 2 aliphatic rings. The molecule has 2 rings (SSSR count). The molecule has 0 bridgehead atoms. The van der Waals surface area contributed by atoms with Gasteiger partial charge in [0, 0.05) is 38.9 Å². The molecule has 4 heteroatoms. The van der Waals surface area contributed by atoms with Gasteiger partial charge in [0.25, 0.3) is 0 Å². The molecule has 0 aromatic heterocycles. The fourth-order valence-electron chi connectivity index (χ4n) is 2.36. The maximum Gasteiger partial charge on any atom is 0.223 e. The third-order valence-corrected chi connectivity index (χ3v) is 3.94. The minimum Gasteiger partial charge on any atom is -0.381 e. The van der Waals surface area contributed by atoms with E-state index in [0.717, 1.165) is 65.1 Å². The molecule has 1 saturated carbocycles. The van der Waals surface area contributed by atoms with E-state index in [1.807, 2.05) is 0 Å². The first kappa shape index (κ1) is 13.8. The molecular weight excluding hydrogens is 230 g/mol. The highest BCUT2D eigenvalue weighted by Crippen LogP contribution is 2.26. The van der Waals surface area contributed by atoms with Gasteiger partial charge in [-0.1, -0.05) is 6.42 Å². The Bertz CT molecular complexity index is 247.